The molecule has 0 aliphatic rings. The lowest BCUT2D eigenvalue weighted by Crippen LogP contribution is -2.24. The second kappa shape index (κ2) is 10.6. The molecule has 0 atom stereocenters. The Bertz CT molecular complexity index is 1040. The second-order valence-corrected chi connectivity index (χ2v) is 6.40. The Morgan fingerprint density at radius 3 is 2.58 bits per heavy atom. The van der Waals surface area contributed by atoms with Crippen molar-refractivity contribution >= 4 is 18.1 Å². The zero-order valence-corrected chi connectivity index (χ0v) is 17.2. The number of esters is 1. The van der Waals surface area contributed by atoms with Gasteiger partial charge in [0.05, 0.1) is 19.1 Å². The number of amides is 1. The fourth-order valence-corrected chi connectivity index (χ4v) is 2.50. The molecule has 0 unspecified atom stereocenters. The number of carbonyl (C=O) groups excluding carboxylic acids is 2. The average molecular weight is 422 g/mol. The number of hydrogen-bond acceptors (Lipinski definition) is 7. The van der Waals surface area contributed by atoms with E-state index < -0.39 is 11.9 Å². The van der Waals surface area contributed by atoms with Crippen LogP contribution in [0.25, 0.3) is 0 Å². The molecule has 31 heavy (non-hydrogen) atoms. The van der Waals surface area contributed by atoms with Crippen molar-refractivity contribution < 1.29 is 28.2 Å². The topological polar surface area (TPSA) is 99.4 Å². The molecule has 1 aromatic heterocycles. The van der Waals surface area contributed by atoms with Crippen molar-refractivity contribution in [1.82, 2.24) is 5.43 Å². The van der Waals surface area contributed by atoms with Gasteiger partial charge in [-0.15, -0.1) is 0 Å². The molecule has 0 saturated heterocycles. The fourth-order valence-electron chi connectivity index (χ4n) is 2.50. The minimum absolute atomic E-state index is 0.0867. The molecule has 8 heteroatoms. The maximum absolute atomic E-state index is 12.1. The van der Waals surface area contributed by atoms with Gasteiger partial charge in [0.15, 0.2) is 18.1 Å². The fraction of sp³-hybridized carbons (Fsp3) is 0.174. The van der Waals surface area contributed by atoms with E-state index in [1.807, 2.05) is 26.0 Å². The molecule has 3 rings (SSSR count). The smallest absolute Gasteiger partial charge is 0.379 e. The number of rotatable bonds is 9. The maximum Gasteiger partial charge on any atom is 0.379 e. The molecule has 0 aliphatic carbocycles. The van der Waals surface area contributed by atoms with Crippen molar-refractivity contribution in [1.29, 1.82) is 0 Å². The first-order valence-corrected chi connectivity index (χ1v) is 9.59. The van der Waals surface area contributed by atoms with Crippen molar-refractivity contribution in [2.75, 3.05) is 13.2 Å². The highest BCUT2D eigenvalue weighted by molar-refractivity contribution is 5.89. The molecule has 0 spiro atoms. The van der Waals surface area contributed by atoms with Crippen molar-refractivity contribution in [2.45, 2.75) is 13.8 Å². The zero-order valence-electron chi connectivity index (χ0n) is 17.2. The van der Waals surface area contributed by atoms with E-state index in [1.165, 1.54) is 18.5 Å². The van der Waals surface area contributed by atoms with Crippen LogP contribution in [0.4, 0.5) is 0 Å². The lowest BCUT2D eigenvalue weighted by atomic mass is 10.2. The largest absolute Gasteiger partial charge is 0.490 e. The average Bonchev–Trinajstić information content (AvgIpc) is 3.30. The third-order valence-corrected chi connectivity index (χ3v) is 3.99. The summed E-state index contributed by atoms with van der Waals surface area (Å²) in [7, 11) is 0. The van der Waals surface area contributed by atoms with Gasteiger partial charge in [-0.1, -0.05) is 17.7 Å². The number of benzene rings is 2. The van der Waals surface area contributed by atoms with Gasteiger partial charge in [-0.05, 0) is 61.9 Å². The molecule has 0 fully saturated rings. The number of nitrogens with one attached hydrogen (secondary N) is 1. The van der Waals surface area contributed by atoms with Gasteiger partial charge in [0.2, 0.25) is 5.76 Å². The Balaban J connectivity index is 1.56. The molecule has 1 heterocycles. The highest BCUT2D eigenvalue weighted by atomic mass is 16.6. The lowest BCUT2D eigenvalue weighted by molar-refractivity contribution is -0.123. The summed E-state index contributed by atoms with van der Waals surface area (Å²) in [5, 5.41) is 3.92. The van der Waals surface area contributed by atoms with Gasteiger partial charge in [-0.2, -0.15) is 5.10 Å². The monoisotopic (exact) mass is 422 g/mol. The number of furan rings is 1. The standard InChI is InChI=1S/C23H22N2O6/c1-3-28-21-13-17(8-11-19(21)31-23(27)20-5-4-12-29-20)14-24-25-22(26)15-30-18-9-6-16(2)7-10-18/h4-14H,3,15H2,1-2H3,(H,25,26)/b24-14-. The van der Waals surface area contributed by atoms with Crippen LogP contribution < -0.4 is 19.6 Å². The van der Waals surface area contributed by atoms with Crippen LogP contribution in [0.15, 0.2) is 70.4 Å². The second-order valence-electron chi connectivity index (χ2n) is 6.40. The summed E-state index contributed by atoms with van der Waals surface area (Å²) >= 11 is 0. The summed E-state index contributed by atoms with van der Waals surface area (Å²) in [4.78, 5) is 24.0. The van der Waals surface area contributed by atoms with Crippen molar-refractivity contribution in [3.8, 4) is 17.2 Å². The molecular formula is C23H22N2O6. The van der Waals surface area contributed by atoms with Crippen LogP contribution in [0.2, 0.25) is 0 Å². The molecule has 0 bridgehead atoms. The molecule has 8 nitrogen and oxygen atoms in total. The zero-order chi connectivity index (χ0) is 22.1. The van der Waals surface area contributed by atoms with Gasteiger partial charge >= 0.3 is 5.97 Å². The summed E-state index contributed by atoms with van der Waals surface area (Å²) in [6.45, 7) is 4.00. The van der Waals surface area contributed by atoms with Gasteiger partial charge in [0, 0.05) is 0 Å². The van der Waals surface area contributed by atoms with Crippen LogP contribution in [-0.4, -0.2) is 31.3 Å². The summed E-state index contributed by atoms with van der Waals surface area (Å²) in [5.41, 5.74) is 4.14. The predicted molar refractivity (Wildman–Crippen MR) is 114 cm³/mol. The quantitative estimate of drug-likeness (QED) is 0.244. The number of hydrazone groups is 1. The first kappa shape index (κ1) is 21.6. The molecule has 3 aromatic rings. The Morgan fingerprint density at radius 1 is 1.06 bits per heavy atom. The molecule has 1 amide bonds. The third-order valence-electron chi connectivity index (χ3n) is 3.99. The van der Waals surface area contributed by atoms with E-state index in [0.29, 0.717) is 23.7 Å². The summed E-state index contributed by atoms with van der Waals surface area (Å²) in [6.07, 6.45) is 2.84. The molecule has 1 N–H and O–H groups in total. The first-order chi connectivity index (χ1) is 15.0. The Labute approximate surface area is 179 Å². The van der Waals surface area contributed by atoms with Gasteiger partial charge in [0.1, 0.15) is 5.75 Å². The molecule has 0 saturated carbocycles. The highest BCUT2D eigenvalue weighted by Crippen LogP contribution is 2.29. The van der Waals surface area contributed by atoms with E-state index in [0.717, 1.165) is 5.56 Å². The van der Waals surface area contributed by atoms with Crippen LogP contribution >= 0.6 is 0 Å². The number of ether oxygens (including phenoxy) is 3. The molecule has 2 aromatic carbocycles. The summed E-state index contributed by atoms with van der Waals surface area (Å²) in [6, 6.07) is 15.4. The Morgan fingerprint density at radius 2 is 1.87 bits per heavy atom. The van der Waals surface area contributed by atoms with Crippen molar-refractivity contribution in [2.24, 2.45) is 5.10 Å². The SMILES string of the molecule is CCOc1cc(/C=N\NC(=O)COc2ccc(C)cc2)ccc1OC(=O)c1ccco1. The van der Waals surface area contributed by atoms with Crippen LogP contribution in [0.5, 0.6) is 17.2 Å². The van der Waals surface area contributed by atoms with E-state index in [1.54, 1.807) is 36.4 Å². The summed E-state index contributed by atoms with van der Waals surface area (Å²) < 4.78 is 21.3. The van der Waals surface area contributed by atoms with Crippen LogP contribution in [0, 0.1) is 6.92 Å². The number of nitrogens with zero attached hydrogens (tertiary/aromatic N) is 1. The summed E-state index contributed by atoms with van der Waals surface area (Å²) in [5.74, 6) is 0.268. The van der Waals surface area contributed by atoms with E-state index >= 15 is 0 Å². The van der Waals surface area contributed by atoms with Crippen LogP contribution in [0.1, 0.15) is 28.6 Å². The molecular weight excluding hydrogens is 400 g/mol. The maximum atomic E-state index is 12.1. The first-order valence-electron chi connectivity index (χ1n) is 9.59. The van der Waals surface area contributed by atoms with Crippen LogP contribution in [0.3, 0.4) is 0 Å². The predicted octanol–water partition coefficient (Wildman–Crippen LogP) is 3.74. The van der Waals surface area contributed by atoms with E-state index in [-0.39, 0.29) is 18.1 Å². The van der Waals surface area contributed by atoms with E-state index in [9.17, 15) is 9.59 Å². The van der Waals surface area contributed by atoms with Crippen molar-refractivity contribution in [3.05, 3.63) is 77.7 Å². The third kappa shape index (κ3) is 6.46. The normalized spacial score (nSPS) is 10.6. The minimum atomic E-state index is -0.631. The number of hydrogen-bond donors (Lipinski definition) is 1. The van der Waals surface area contributed by atoms with E-state index in [4.69, 9.17) is 18.6 Å². The number of carbonyl (C=O) groups is 2. The molecule has 0 aliphatic heterocycles. The van der Waals surface area contributed by atoms with Crippen LogP contribution in [-0.2, 0) is 4.79 Å². The lowest BCUT2D eigenvalue weighted by Gasteiger charge is -2.10. The van der Waals surface area contributed by atoms with E-state index in [2.05, 4.69) is 10.5 Å². The van der Waals surface area contributed by atoms with Crippen molar-refractivity contribution in [3.63, 3.8) is 0 Å². The minimum Gasteiger partial charge on any atom is -0.490 e. The van der Waals surface area contributed by atoms with Gasteiger partial charge < -0.3 is 18.6 Å². The Hall–Kier alpha value is -4.07. The molecule has 160 valence electrons. The number of aryl methyl sites for hydroxylation is 1. The van der Waals surface area contributed by atoms with Gasteiger partial charge in [-0.3, -0.25) is 4.79 Å². The molecule has 0 radical (unpaired) electrons. The van der Waals surface area contributed by atoms with Gasteiger partial charge in [-0.25, -0.2) is 10.2 Å². The highest BCUT2D eigenvalue weighted by Gasteiger charge is 2.15. The Kier molecular flexibility index (Phi) is 7.42. The van der Waals surface area contributed by atoms with Gasteiger partial charge in [0.25, 0.3) is 5.91 Å².